The SMILES string of the molecule is COc1ccc(C)c(Br)c1CCl. The van der Waals surface area contributed by atoms with Gasteiger partial charge in [-0.3, -0.25) is 0 Å². The van der Waals surface area contributed by atoms with Crippen molar-refractivity contribution < 1.29 is 4.74 Å². The first-order valence-corrected chi connectivity index (χ1v) is 4.91. The van der Waals surface area contributed by atoms with E-state index in [0.717, 1.165) is 15.8 Å². The highest BCUT2D eigenvalue weighted by atomic mass is 79.9. The van der Waals surface area contributed by atoms with E-state index in [-0.39, 0.29) is 0 Å². The van der Waals surface area contributed by atoms with Crippen molar-refractivity contribution in [3.8, 4) is 5.75 Å². The van der Waals surface area contributed by atoms with Gasteiger partial charge in [-0.2, -0.15) is 0 Å². The van der Waals surface area contributed by atoms with E-state index in [1.165, 1.54) is 5.56 Å². The van der Waals surface area contributed by atoms with E-state index in [2.05, 4.69) is 15.9 Å². The standard InChI is InChI=1S/C9H10BrClO/c1-6-3-4-8(12-2)7(5-11)9(6)10/h3-4H,5H2,1-2H3. The molecule has 1 aromatic rings. The summed E-state index contributed by atoms with van der Waals surface area (Å²) in [5, 5.41) is 0. The lowest BCUT2D eigenvalue weighted by Crippen LogP contribution is -1.92. The van der Waals surface area contributed by atoms with Crippen LogP contribution in [0.25, 0.3) is 0 Å². The second-order valence-corrected chi connectivity index (χ2v) is 3.57. The topological polar surface area (TPSA) is 9.23 Å². The first-order valence-electron chi connectivity index (χ1n) is 3.58. The van der Waals surface area contributed by atoms with Crippen molar-refractivity contribution in [3.05, 3.63) is 27.7 Å². The van der Waals surface area contributed by atoms with Crippen LogP contribution in [0.1, 0.15) is 11.1 Å². The number of aryl methyl sites for hydroxylation is 1. The molecule has 0 fully saturated rings. The predicted octanol–water partition coefficient (Wildman–Crippen LogP) is 3.50. The third-order valence-corrected chi connectivity index (χ3v) is 3.12. The summed E-state index contributed by atoms with van der Waals surface area (Å²) in [4.78, 5) is 0. The van der Waals surface area contributed by atoms with E-state index < -0.39 is 0 Å². The summed E-state index contributed by atoms with van der Waals surface area (Å²) in [6.07, 6.45) is 0. The van der Waals surface area contributed by atoms with Gasteiger partial charge >= 0.3 is 0 Å². The molecular formula is C9H10BrClO. The molecule has 1 rings (SSSR count). The predicted molar refractivity (Wildman–Crippen MR) is 55.0 cm³/mol. The number of hydrogen-bond donors (Lipinski definition) is 0. The zero-order valence-corrected chi connectivity index (χ0v) is 9.37. The summed E-state index contributed by atoms with van der Waals surface area (Å²) < 4.78 is 6.20. The molecule has 0 bridgehead atoms. The van der Waals surface area contributed by atoms with E-state index in [0.29, 0.717) is 5.88 Å². The molecule has 66 valence electrons. The lowest BCUT2D eigenvalue weighted by Gasteiger charge is -2.09. The third-order valence-electron chi connectivity index (χ3n) is 1.75. The van der Waals surface area contributed by atoms with Crippen LogP contribution in [-0.4, -0.2) is 7.11 Å². The first kappa shape index (κ1) is 9.87. The summed E-state index contributed by atoms with van der Waals surface area (Å²) >= 11 is 9.25. The van der Waals surface area contributed by atoms with E-state index in [4.69, 9.17) is 16.3 Å². The molecule has 1 aromatic carbocycles. The Hall–Kier alpha value is -0.210. The van der Waals surface area contributed by atoms with Crippen LogP contribution in [-0.2, 0) is 5.88 Å². The van der Waals surface area contributed by atoms with E-state index in [9.17, 15) is 0 Å². The average molecular weight is 250 g/mol. The van der Waals surface area contributed by atoms with Gasteiger partial charge in [-0.25, -0.2) is 0 Å². The van der Waals surface area contributed by atoms with Crippen LogP contribution in [0.15, 0.2) is 16.6 Å². The van der Waals surface area contributed by atoms with Crippen LogP contribution in [0.3, 0.4) is 0 Å². The molecule has 0 aliphatic rings. The highest BCUT2D eigenvalue weighted by Gasteiger charge is 2.07. The number of hydrogen-bond acceptors (Lipinski definition) is 1. The molecule has 0 aliphatic heterocycles. The van der Waals surface area contributed by atoms with Crippen molar-refractivity contribution in [2.45, 2.75) is 12.8 Å². The van der Waals surface area contributed by atoms with Gasteiger partial charge in [0.25, 0.3) is 0 Å². The van der Waals surface area contributed by atoms with Crippen LogP contribution in [0, 0.1) is 6.92 Å². The molecule has 1 nitrogen and oxygen atoms in total. The van der Waals surface area contributed by atoms with Crippen molar-refractivity contribution in [1.82, 2.24) is 0 Å². The highest BCUT2D eigenvalue weighted by molar-refractivity contribution is 9.10. The minimum Gasteiger partial charge on any atom is -0.496 e. The molecule has 0 N–H and O–H groups in total. The largest absolute Gasteiger partial charge is 0.496 e. The zero-order valence-electron chi connectivity index (χ0n) is 7.03. The van der Waals surface area contributed by atoms with Crippen molar-refractivity contribution in [2.24, 2.45) is 0 Å². The molecular weight excluding hydrogens is 239 g/mol. The quantitative estimate of drug-likeness (QED) is 0.729. The maximum Gasteiger partial charge on any atom is 0.124 e. The molecule has 0 radical (unpaired) electrons. The third kappa shape index (κ3) is 1.75. The minimum atomic E-state index is 0.464. The van der Waals surface area contributed by atoms with Crippen LogP contribution in [0.5, 0.6) is 5.75 Å². The van der Waals surface area contributed by atoms with E-state index >= 15 is 0 Å². The monoisotopic (exact) mass is 248 g/mol. The van der Waals surface area contributed by atoms with Crippen molar-refractivity contribution in [2.75, 3.05) is 7.11 Å². The number of benzene rings is 1. The van der Waals surface area contributed by atoms with Gasteiger partial charge in [-0.15, -0.1) is 11.6 Å². The van der Waals surface area contributed by atoms with Gasteiger partial charge in [-0.05, 0) is 18.6 Å². The molecule has 0 unspecified atom stereocenters. The normalized spacial score (nSPS) is 10.0. The Morgan fingerprint density at radius 1 is 1.50 bits per heavy atom. The summed E-state index contributed by atoms with van der Waals surface area (Å²) in [7, 11) is 1.65. The summed E-state index contributed by atoms with van der Waals surface area (Å²) in [6, 6.07) is 3.93. The lowest BCUT2D eigenvalue weighted by molar-refractivity contribution is 0.411. The maximum atomic E-state index is 5.78. The summed E-state index contributed by atoms with van der Waals surface area (Å²) in [5.41, 5.74) is 2.19. The highest BCUT2D eigenvalue weighted by Crippen LogP contribution is 2.30. The molecule has 0 saturated heterocycles. The van der Waals surface area contributed by atoms with Gasteiger partial charge in [0.15, 0.2) is 0 Å². The molecule has 0 saturated carbocycles. The first-order chi connectivity index (χ1) is 5.70. The molecule has 0 spiro atoms. The number of rotatable bonds is 2. The Morgan fingerprint density at radius 2 is 2.17 bits per heavy atom. The van der Waals surface area contributed by atoms with Crippen molar-refractivity contribution >= 4 is 27.5 Å². The van der Waals surface area contributed by atoms with Crippen LogP contribution in [0.2, 0.25) is 0 Å². The minimum absolute atomic E-state index is 0.464. The number of halogens is 2. The number of ether oxygens (including phenoxy) is 1. The Bertz CT molecular complexity index is 286. The Morgan fingerprint density at radius 3 is 2.67 bits per heavy atom. The second-order valence-electron chi connectivity index (χ2n) is 2.51. The van der Waals surface area contributed by atoms with Gasteiger partial charge in [0.1, 0.15) is 5.75 Å². The maximum absolute atomic E-state index is 5.78. The molecule has 0 heterocycles. The Labute approximate surface area is 85.8 Å². The van der Waals surface area contributed by atoms with E-state index in [1.54, 1.807) is 7.11 Å². The Kier molecular flexibility index (Phi) is 3.41. The van der Waals surface area contributed by atoms with Gasteiger partial charge in [0, 0.05) is 10.0 Å². The number of alkyl halides is 1. The molecule has 3 heteroatoms. The van der Waals surface area contributed by atoms with Crippen LogP contribution < -0.4 is 4.74 Å². The number of methoxy groups -OCH3 is 1. The molecule has 12 heavy (non-hydrogen) atoms. The van der Waals surface area contributed by atoms with Gasteiger partial charge < -0.3 is 4.74 Å². The fourth-order valence-corrected chi connectivity index (χ4v) is 1.93. The molecule has 0 aromatic heterocycles. The lowest BCUT2D eigenvalue weighted by atomic mass is 10.1. The van der Waals surface area contributed by atoms with Gasteiger partial charge in [0.2, 0.25) is 0 Å². The summed E-state index contributed by atoms with van der Waals surface area (Å²) in [6.45, 7) is 2.03. The molecule has 0 aliphatic carbocycles. The van der Waals surface area contributed by atoms with Crippen LogP contribution in [0.4, 0.5) is 0 Å². The average Bonchev–Trinajstić information content (AvgIpc) is 2.09. The van der Waals surface area contributed by atoms with Gasteiger partial charge in [-0.1, -0.05) is 22.0 Å². The Balaban J connectivity index is 3.25. The zero-order chi connectivity index (χ0) is 9.14. The fraction of sp³-hybridized carbons (Fsp3) is 0.333. The van der Waals surface area contributed by atoms with Crippen molar-refractivity contribution in [1.29, 1.82) is 0 Å². The molecule has 0 amide bonds. The second kappa shape index (κ2) is 4.15. The van der Waals surface area contributed by atoms with Gasteiger partial charge in [0.05, 0.1) is 13.0 Å². The van der Waals surface area contributed by atoms with Crippen LogP contribution >= 0.6 is 27.5 Å². The van der Waals surface area contributed by atoms with Crippen molar-refractivity contribution in [3.63, 3.8) is 0 Å². The summed E-state index contributed by atoms with van der Waals surface area (Å²) in [5.74, 6) is 1.30. The fourth-order valence-electron chi connectivity index (χ4n) is 1.04. The van der Waals surface area contributed by atoms with E-state index in [1.807, 2.05) is 19.1 Å². The molecule has 0 atom stereocenters. The smallest absolute Gasteiger partial charge is 0.124 e.